The van der Waals surface area contributed by atoms with Gasteiger partial charge in [0.25, 0.3) is 0 Å². The number of aryl methyl sites for hydroxylation is 2. The van der Waals surface area contributed by atoms with Crippen LogP contribution in [0.5, 0.6) is 5.75 Å². The van der Waals surface area contributed by atoms with Crippen LogP contribution in [0.3, 0.4) is 0 Å². The van der Waals surface area contributed by atoms with E-state index in [0.717, 1.165) is 28.9 Å². The van der Waals surface area contributed by atoms with E-state index in [2.05, 4.69) is 19.9 Å². The summed E-state index contributed by atoms with van der Waals surface area (Å²) >= 11 is 0. The number of aliphatic hydroxyl groups excluding tert-OH is 1. The third-order valence-corrected chi connectivity index (χ3v) is 4.07. The summed E-state index contributed by atoms with van der Waals surface area (Å²) in [5.74, 6) is 1.29. The van der Waals surface area contributed by atoms with Crippen molar-refractivity contribution >= 4 is 0 Å². The highest BCUT2D eigenvalue weighted by atomic mass is 16.5. The summed E-state index contributed by atoms with van der Waals surface area (Å²) in [7, 11) is 1.68. The molecule has 0 heterocycles. The van der Waals surface area contributed by atoms with E-state index < -0.39 is 0 Å². The Labute approximate surface area is 104 Å². The van der Waals surface area contributed by atoms with E-state index in [4.69, 9.17) is 4.74 Å². The van der Waals surface area contributed by atoms with E-state index in [1.165, 1.54) is 0 Å². The molecule has 0 aliphatic heterocycles. The van der Waals surface area contributed by atoms with Gasteiger partial charge >= 0.3 is 0 Å². The molecule has 1 saturated carbocycles. The second kappa shape index (κ2) is 4.02. The van der Waals surface area contributed by atoms with Gasteiger partial charge in [0.05, 0.1) is 13.2 Å². The summed E-state index contributed by atoms with van der Waals surface area (Å²) in [6.07, 6.45) is 0.771. The minimum Gasteiger partial charge on any atom is -0.496 e. The molecule has 2 nitrogen and oxygen atoms in total. The van der Waals surface area contributed by atoms with Gasteiger partial charge < -0.3 is 9.84 Å². The lowest BCUT2D eigenvalue weighted by Gasteiger charge is -2.17. The van der Waals surface area contributed by atoms with Crippen LogP contribution in [0, 0.1) is 25.2 Å². The van der Waals surface area contributed by atoms with Crippen LogP contribution in [0.25, 0.3) is 0 Å². The fourth-order valence-electron chi connectivity index (χ4n) is 2.61. The number of hydrogen-bond acceptors (Lipinski definition) is 2. The van der Waals surface area contributed by atoms with Gasteiger partial charge in [-0.05, 0) is 60.4 Å². The fourth-order valence-corrected chi connectivity index (χ4v) is 2.61. The molecule has 2 atom stereocenters. The van der Waals surface area contributed by atoms with Crippen LogP contribution in [0.15, 0.2) is 12.1 Å². The topological polar surface area (TPSA) is 29.5 Å². The monoisotopic (exact) mass is 234 g/mol. The third-order valence-electron chi connectivity index (χ3n) is 4.07. The van der Waals surface area contributed by atoms with Gasteiger partial charge in [0.15, 0.2) is 0 Å². The predicted molar refractivity (Wildman–Crippen MR) is 69.3 cm³/mol. The summed E-state index contributed by atoms with van der Waals surface area (Å²) in [4.78, 5) is 0. The number of rotatable bonds is 3. The molecular formula is C15H22O2. The molecule has 1 fully saturated rings. The van der Waals surface area contributed by atoms with Gasteiger partial charge in [-0.1, -0.05) is 13.8 Å². The molecule has 0 bridgehead atoms. The van der Waals surface area contributed by atoms with Crippen molar-refractivity contribution in [3.05, 3.63) is 28.8 Å². The second-order valence-corrected chi connectivity index (χ2v) is 5.92. The van der Waals surface area contributed by atoms with Gasteiger partial charge in [-0.3, -0.25) is 0 Å². The van der Waals surface area contributed by atoms with E-state index in [-0.39, 0.29) is 6.10 Å². The SMILES string of the molecule is COc1cc(C)c(C(O)C2CC2(C)C)cc1C. The molecule has 0 saturated heterocycles. The van der Waals surface area contributed by atoms with Crippen LogP contribution in [0.4, 0.5) is 0 Å². The maximum absolute atomic E-state index is 10.4. The summed E-state index contributed by atoms with van der Waals surface area (Å²) < 4.78 is 5.30. The molecule has 2 rings (SSSR count). The average molecular weight is 234 g/mol. The Kier molecular flexibility index (Phi) is 2.94. The normalized spacial score (nSPS) is 23.3. The van der Waals surface area contributed by atoms with Crippen LogP contribution in [-0.2, 0) is 0 Å². The van der Waals surface area contributed by atoms with E-state index in [9.17, 15) is 5.11 Å². The van der Waals surface area contributed by atoms with E-state index in [1.807, 2.05) is 19.9 Å². The van der Waals surface area contributed by atoms with Crippen molar-refractivity contribution in [3.63, 3.8) is 0 Å². The lowest BCUT2D eigenvalue weighted by molar-refractivity contribution is 0.137. The standard InChI is InChI=1S/C15H22O2/c1-9-7-13(17-5)10(2)6-11(9)14(16)12-8-15(12,3)4/h6-7,12,14,16H,8H2,1-5H3. The maximum Gasteiger partial charge on any atom is 0.122 e. The van der Waals surface area contributed by atoms with Crippen molar-refractivity contribution in [2.45, 2.75) is 40.2 Å². The number of aliphatic hydroxyl groups is 1. The lowest BCUT2D eigenvalue weighted by Crippen LogP contribution is -2.07. The molecular weight excluding hydrogens is 212 g/mol. The molecule has 0 aromatic heterocycles. The first-order valence-electron chi connectivity index (χ1n) is 6.20. The second-order valence-electron chi connectivity index (χ2n) is 5.92. The van der Waals surface area contributed by atoms with E-state index in [0.29, 0.717) is 11.3 Å². The molecule has 94 valence electrons. The molecule has 0 amide bonds. The minimum absolute atomic E-state index is 0.291. The lowest BCUT2D eigenvalue weighted by atomic mass is 9.94. The number of hydrogen-bond donors (Lipinski definition) is 1. The molecule has 1 N–H and O–H groups in total. The van der Waals surface area contributed by atoms with Gasteiger partial charge in [0.1, 0.15) is 5.75 Å². The van der Waals surface area contributed by atoms with Crippen molar-refractivity contribution in [2.75, 3.05) is 7.11 Å². The van der Waals surface area contributed by atoms with Gasteiger partial charge in [-0.2, -0.15) is 0 Å². The molecule has 0 radical (unpaired) electrons. The Morgan fingerprint density at radius 2 is 1.88 bits per heavy atom. The zero-order chi connectivity index (χ0) is 12.8. The highest BCUT2D eigenvalue weighted by Gasteiger charge is 2.50. The molecule has 2 heteroatoms. The van der Waals surface area contributed by atoms with Crippen LogP contribution in [-0.4, -0.2) is 12.2 Å². The van der Waals surface area contributed by atoms with Crippen LogP contribution in [0.1, 0.15) is 43.1 Å². The summed E-state index contributed by atoms with van der Waals surface area (Å²) in [5, 5.41) is 10.4. The number of ether oxygens (including phenoxy) is 1. The largest absolute Gasteiger partial charge is 0.496 e. The molecule has 1 aliphatic rings. The first kappa shape index (κ1) is 12.4. The van der Waals surface area contributed by atoms with Crippen molar-refractivity contribution < 1.29 is 9.84 Å². The molecule has 2 unspecified atom stereocenters. The number of benzene rings is 1. The maximum atomic E-state index is 10.4. The summed E-state index contributed by atoms with van der Waals surface area (Å²) in [6.45, 7) is 8.49. The van der Waals surface area contributed by atoms with Gasteiger partial charge in [0.2, 0.25) is 0 Å². The first-order chi connectivity index (χ1) is 7.86. The van der Waals surface area contributed by atoms with Crippen LogP contribution in [0.2, 0.25) is 0 Å². The van der Waals surface area contributed by atoms with Crippen molar-refractivity contribution in [1.82, 2.24) is 0 Å². The molecule has 1 aromatic carbocycles. The molecule has 1 aliphatic carbocycles. The Balaban J connectivity index is 2.30. The minimum atomic E-state index is -0.338. The molecule has 0 spiro atoms. The zero-order valence-electron chi connectivity index (χ0n) is 11.4. The Morgan fingerprint density at radius 1 is 1.29 bits per heavy atom. The Hall–Kier alpha value is -1.02. The van der Waals surface area contributed by atoms with Gasteiger partial charge in [0, 0.05) is 0 Å². The van der Waals surface area contributed by atoms with Crippen molar-refractivity contribution in [2.24, 2.45) is 11.3 Å². The predicted octanol–water partition coefficient (Wildman–Crippen LogP) is 3.39. The first-order valence-corrected chi connectivity index (χ1v) is 6.20. The highest BCUT2D eigenvalue weighted by Crippen LogP contribution is 2.58. The quantitative estimate of drug-likeness (QED) is 0.868. The van der Waals surface area contributed by atoms with E-state index in [1.54, 1.807) is 7.11 Å². The Bertz CT molecular complexity index is 435. The van der Waals surface area contributed by atoms with Crippen LogP contribution >= 0.6 is 0 Å². The molecule has 17 heavy (non-hydrogen) atoms. The summed E-state index contributed by atoms with van der Waals surface area (Å²) in [5.41, 5.74) is 3.55. The van der Waals surface area contributed by atoms with Crippen molar-refractivity contribution in [3.8, 4) is 5.75 Å². The zero-order valence-corrected chi connectivity index (χ0v) is 11.4. The highest BCUT2D eigenvalue weighted by molar-refractivity contribution is 5.43. The average Bonchev–Trinajstić information content (AvgIpc) is 2.89. The van der Waals surface area contributed by atoms with Gasteiger partial charge in [-0.25, -0.2) is 0 Å². The fraction of sp³-hybridized carbons (Fsp3) is 0.600. The van der Waals surface area contributed by atoms with Gasteiger partial charge in [-0.15, -0.1) is 0 Å². The third kappa shape index (κ3) is 2.19. The Morgan fingerprint density at radius 3 is 2.35 bits per heavy atom. The van der Waals surface area contributed by atoms with Crippen molar-refractivity contribution in [1.29, 1.82) is 0 Å². The van der Waals surface area contributed by atoms with E-state index >= 15 is 0 Å². The smallest absolute Gasteiger partial charge is 0.122 e. The summed E-state index contributed by atoms with van der Waals surface area (Å²) in [6, 6.07) is 4.08. The number of methoxy groups -OCH3 is 1. The molecule has 1 aromatic rings. The van der Waals surface area contributed by atoms with Crippen LogP contribution < -0.4 is 4.74 Å².